The van der Waals surface area contributed by atoms with Gasteiger partial charge in [-0.05, 0) is 60.7 Å². The molecular formula is C21H24N2O2. The number of ether oxygens (including phenoxy) is 2. The molecular weight excluding hydrogens is 312 g/mol. The van der Waals surface area contributed by atoms with E-state index in [0.717, 1.165) is 37.3 Å². The number of hydrogen-bond acceptors (Lipinski definition) is 3. The molecule has 1 aliphatic heterocycles. The largest absolute Gasteiger partial charge is 0.493 e. The second-order valence-electron chi connectivity index (χ2n) is 6.56. The Morgan fingerprint density at radius 3 is 2.72 bits per heavy atom. The maximum absolute atomic E-state index is 5.50. The summed E-state index contributed by atoms with van der Waals surface area (Å²) in [5.41, 5.74) is 5.29. The SMILES string of the molecule is COc1cc2c(cc1OC)C(CCc1c[nH]c3ccccc13)NCC2. The lowest BCUT2D eigenvalue weighted by atomic mass is 9.90. The van der Waals surface area contributed by atoms with Crippen LogP contribution in [0, 0.1) is 0 Å². The number of aromatic amines is 1. The second-order valence-corrected chi connectivity index (χ2v) is 6.56. The molecule has 2 heterocycles. The first-order valence-corrected chi connectivity index (χ1v) is 8.83. The van der Waals surface area contributed by atoms with Gasteiger partial charge in [0, 0.05) is 23.1 Å². The highest BCUT2D eigenvalue weighted by molar-refractivity contribution is 5.83. The van der Waals surface area contributed by atoms with Gasteiger partial charge in [-0.1, -0.05) is 18.2 Å². The van der Waals surface area contributed by atoms with Crippen molar-refractivity contribution in [3.8, 4) is 11.5 Å². The van der Waals surface area contributed by atoms with Crippen LogP contribution in [0.1, 0.15) is 29.2 Å². The van der Waals surface area contributed by atoms with Gasteiger partial charge in [0.2, 0.25) is 0 Å². The molecule has 0 saturated heterocycles. The van der Waals surface area contributed by atoms with Gasteiger partial charge < -0.3 is 19.8 Å². The third-order valence-corrected chi connectivity index (χ3v) is 5.18. The van der Waals surface area contributed by atoms with Crippen LogP contribution in [0.4, 0.5) is 0 Å². The van der Waals surface area contributed by atoms with Gasteiger partial charge in [0.25, 0.3) is 0 Å². The molecule has 0 saturated carbocycles. The van der Waals surface area contributed by atoms with E-state index in [2.05, 4.69) is 52.9 Å². The van der Waals surface area contributed by atoms with Crippen LogP contribution in [-0.2, 0) is 12.8 Å². The van der Waals surface area contributed by atoms with E-state index >= 15 is 0 Å². The zero-order chi connectivity index (χ0) is 17.2. The Morgan fingerprint density at radius 1 is 1.08 bits per heavy atom. The highest BCUT2D eigenvalue weighted by Crippen LogP contribution is 2.36. The van der Waals surface area contributed by atoms with Gasteiger partial charge >= 0.3 is 0 Å². The number of aryl methyl sites for hydroxylation is 1. The molecule has 2 aromatic carbocycles. The molecule has 130 valence electrons. The maximum Gasteiger partial charge on any atom is 0.161 e. The van der Waals surface area contributed by atoms with E-state index < -0.39 is 0 Å². The Kier molecular flexibility index (Phi) is 4.36. The Morgan fingerprint density at radius 2 is 1.88 bits per heavy atom. The van der Waals surface area contributed by atoms with Crippen LogP contribution < -0.4 is 14.8 Å². The van der Waals surface area contributed by atoms with Crippen molar-refractivity contribution in [2.75, 3.05) is 20.8 Å². The van der Waals surface area contributed by atoms with E-state index in [-0.39, 0.29) is 0 Å². The minimum atomic E-state index is 0.345. The van der Waals surface area contributed by atoms with Crippen molar-refractivity contribution < 1.29 is 9.47 Å². The first-order valence-electron chi connectivity index (χ1n) is 8.83. The summed E-state index contributed by atoms with van der Waals surface area (Å²) in [4.78, 5) is 3.37. The molecule has 4 nitrogen and oxygen atoms in total. The third kappa shape index (κ3) is 2.98. The summed E-state index contributed by atoms with van der Waals surface area (Å²) in [6.45, 7) is 1.00. The molecule has 1 aliphatic rings. The highest BCUT2D eigenvalue weighted by atomic mass is 16.5. The Labute approximate surface area is 148 Å². The van der Waals surface area contributed by atoms with Gasteiger partial charge in [-0.2, -0.15) is 0 Å². The molecule has 0 amide bonds. The molecule has 4 heteroatoms. The molecule has 0 aliphatic carbocycles. The summed E-state index contributed by atoms with van der Waals surface area (Å²) in [5, 5.41) is 4.99. The Bertz CT molecular complexity index is 885. The maximum atomic E-state index is 5.50. The monoisotopic (exact) mass is 336 g/mol. The van der Waals surface area contributed by atoms with Crippen LogP contribution in [0.15, 0.2) is 42.6 Å². The number of methoxy groups -OCH3 is 2. The van der Waals surface area contributed by atoms with Crippen LogP contribution in [0.3, 0.4) is 0 Å². The lowest BCUT2D eigenvalue weighted by Gasteiger charge is -2.28. The summed E-state index contributed by atoms with van der Waals surface area (Å²) in [7, 11) is 3.39. The average molecular weight is 336 g/mol. The number of benzene rings is 2. The molecule has 3 aromatic rings. The predicted molar refractivity (Wildman–Crippen MR) is 101 cm³/mol. The molecule has 1 unspecified atom stereocenters. The fourth-order valence-electron chi connectivity index (χ4n) is 3.86. The van der Waals surface area contributed by atoms with Gasteiger partial charge in [0.1, 0.15) is 0 Å². The summed E-state index contributed by atoms with van der Waals surface area (Å²) >= 11 is 0. The molecule has 0 spiro atoms. The number of H-pyrrole nitrogens is 1. The minimum absolute atomic E-state index is 0.345. The van der Waals surface area contributed by atoms with E-state index in [0.29, 0.717) is 6.04 Å². The zero-order valence-electron chi connectivity index (χ0n) is 14.8. The molecule has 0 fully saturated rings. The lowest BCUT2D eigenvalue weighted by molar-refractivity contribution is 0.351. The number of nitrogens with one attached hydrogen (secondary N) is 2. The third-order valence-electron chi connectivity index (χ3n) is 5.18. The van der Waals surface area contributed by atoms with Crippen LogP contribution in [0.5, 0.6) is 11.5 Å². The number of aromatic nitrogens is 1. The standard InChI is InChI=1S/C21H24N2O2/c1-24-20-11-14-9-10-22-19(17(14)12-21(20)25-2)8-7-15-13-23-18-6-4-3-5-16(15)18/h3-6,11-13,19,22-23H,7-10H2,1-2H3. The van der Waals surface area contributed by atoms with Crippen molar-refractivity contribution in [2.24, 2.45) is 0 Å². The van der Waals surface area contributed by atoms with E-state index in [1.807, 2.05) is 0 Å². The van der Waals surface area contributed by atoms with E-state index in [4.69, 9.17) is 9.47 Å². The van der Waals surface area contributed by atoms with Crippen LogP contribution >= 0.6 is 0 Å². The van der Waals surface area contributed by atoms with Gasteiger partial charge in [-0.15, -0.1) is 0 Å². The quantitative estimate of drug-likeness (QED) is 0.740. The predicted octanol–water partition coefficient (Wildman–Crippen LogP) is 4.00. The van der Waals surface area contributed by atoms with E-state index in [1.54, 1.807) is 14.2 Å². The van der Waals surface area contributed by atoms with Crippen molar-refractivity contribution in [1.29, 1.82) is 0 Å². The fraction of sp³-hybridized carbons (Fsp3) is 0.333. The summed E-state index contributed by atoms with van der Waals surface area (Å²) in [5.74, 6) is 1.63. The van der Waals surface area contributed by atoms with Crippen molar-refractivity contribution >= 4 is 10.9 Å². The second kappa shape index (κ2) is 6.81. The zero-order valence-corrected chi connectivity index (χ0v) is 14.8. The van der Waals surface area contributed by atoms with Crippen molar-refractivity contribution in [1.82, 2.24) is 10.3 Å². The Balaban J connectivity index is 1.58. The van der Waals surface area contributed by atoms with Crippen LogP contribution in [0.25, 0.3) is 10.9 Å². The summed E-state index contributed by atoms with van der Waals surface area (Å²) < 4.78 is 11.0. The van der Waals surface area contributed by atoms with Gasteiger partial charge in [-0.3, -0.25) is 0 Å². The average Bonchev–Trinajstić information content (AvgIpc) is 3.08. The molecule has 25 heavy (non-hydrogen) atoms. The van der Waals surface area contributed by atoms with Crippen molar-refractivity contribution in [3.05, 3.63) is 59.3 Å². The first-order chi connectivity index (χ1) is 12.3. The molecule has 4 rings (SSSR count). The van der Waals surface area contributed by atoms with Crippen LogP contribution in [0.2, 0.25) is 0 Å². The van der Waals surface area contributed by atoms with Crippen molar-refractivity contribution in [2.45, 2.75) is 25.3 Å². The molecule has 1 atom stereocenters. The van der Waals surface area contributed by atoms with Crippen molar-refractivity contribution in [3.63, 3.8) is 0 Å². The number of para-hydroxylation sites is 1. The van der Waals surface area contributed by atoms with Gasteiger partial charge in [0.05, 0.1) is 14.2 Å². The van der Waals surface area contributed by atoms with Crippen LogP contribution in [-0.4, -0.2) is 25.7 Å². The summed E-state index contributed by atoms with van der Waals surface area (Å²) in [6, 6.07) is 13.1. The van der Waals surface area contributed by atoms with Gasteiger partial charge in [0.15, 0.2) is 11.5 Å². The number of fused-ring (bicyclic) bond motifs is 2. The minimum Gasteiger partial charge on any atom is -0.493 e. The topological polar surface area (TPSA) is 46.3 Å². The normalized spacial score (nSPS) is 16.6. The summed E-state index contributed by atoms with van der Waals surface area (Å²) in [6.07, 6.45) is 5.27. The highest BCUT2D eigenvalue weighted by Gasteiger charge is 2.22. The molecule has 2 N–H and O–H groups in total. The molecule has 0 bridgehead atoms. The Hall–Kier alpha value is -2.46. The number of hydrogen-bond donors (Lipinski definition) is 2. The van der Waals surface area contributed by atoms with E-state index in [9.17, 15) is 0 Å². The first kappa shape index (κ1) is 16.0. The smallest absolute Gasteiger partial charge is 0.161 e. The molecule has 0 radical (unpaired) electrons. The van der Waals surface area contributed by atoms with E-state index in [1.165, 1.54) is 27.6 Å². The fourth-order valence-corrected chi connectivity index (χ4v) is 3.86. The van der Waals surface area contributed by atoms with Gasteiger partial charge in [-0.25, -0.2) is 0 Å². The molecule has 1 aromatic heterocycles. The lowest BCUT2D eigenvalue weighted by Crippen LogP contribution is -2.30. The number of rotatable bonds is 5.